The first-order valence-electron chi connectivity index (χ1n) is 8.20. The molecule has 1 atom stereocenters. The van der Waals surface area contributed by atoms with Crippen LogP contribution in [0, 0.1) is 0 Å². The van der Waals surface area contributed by atoms with Crippen molar-refractivity contribution in [3.05, 3.63) is 0 Å². The molecule has 2 heterocycles. The first-order valence-corrected chi connectivity index (χ1v) is 8.20. The number of alkyl halides is 3. The van der Waals surface area contributed by atoms with Crippen molar-refractivity contribution in [1.29, 1.82) is 0 Å². The van der Waals surface area contributed by atoms with E-state index in [1.165, 1.54) is 4.90 Å². The van der Waals surface area contributed by atoms with Crippen LogP contribution < -0.4 is 16.0 Å². The summed E-state index contributed by atoms with van der Waals surface area (Å²) in [6.45, 7) is 2.59. The smallest absolute Gasteiger partial charge is 0.357 e. The van der Waals surface area contributed by atoms with Crippen molar-refractivity contribution < 1.29 is 22.8 Å². The Bertz CT molecular complexity index is 509. The largest absolute Gasteiger partial charge is 0.401 e. The van der Waals surface area contributed by atoms with Gasteiger partial charge in [-0.2, -0.15) is 13.2 Å². The molecule has 2 saturated heterocycles. The number of imide groups is 1. The summed E-state index contributed by atoms with van der Waals surface area (Å²) in [4.78, 5) is 29.6. The predicted molar refractivity (Wildman–Crippen MR) is 85.1 cm³/mol. The molecule has 11 heteroatoms. The standard InChI is InChI=1S/C14H23F3N6O2/c1-2-18-12(19-4-6-23-11(24)7-20-13(23)25)21-10-3-5-22(8-10)9-14(15,16)17/h10H,2-9H2,1H3,(H,20,25)(H2,18,19,21). The van der Waals surface area contributed by atoms with Gasteiger partial charge in [0.25, 0.3) is 0 Å². The van der Waals surface area contributed by atoms with Crippen molar-refractivity contribution in [2.24, 2.45) is 4.99 Å². The van der Waals surface area contributed by atoms with Crippen molar-refractivity contribution in [2.75, 3.05) is 45.8 Å². The minimum Gasteiger partial charge on any atom is -0.357 e. The number of aliphatic imine (C=N–C) groups is 1. The molecule has 142 valence electrons. The first-order chi connectivity index (χ1) is 11.8. The van der Waals surface area contributed by atoms with E-state index in [2.05, 4.69) is 20.9 Å². The van der Waals surface area contributed by atoms with Crippen molar-refractivity contribution in [3.63, 3.8) is 0 Å². The van der Waals surface area contributed by atoms with Crippen LogP contribution in [-0.4, -0.2) is 85.7 Å². The molecule has 0 aromatic rings. The zero-order valence-corrected chi connectivity index (χ0v) is 14.0. The van der Waals surface area contributed by atoms with E-state index in [0.717, 1.165) is 4.90 Å². The summed E-state index contributed by atoms with van der Waals surface area (Å²) in [7, 11) is 0. The van der Waals surface area contributed by atoms with Gasteiger partial charge in [0.1, 0.15) is 0 Å². The molecule has 3 amide bonds. The van der Waals surface area contributed by atoms with Gasteiger partial charge in [0.05, 0.1) is 26.2 Å². The van der Waals surface area contributed by atoms with Gasteiger partial charge < -0.3 is 16.0 Å². The highest BCUT2D eigenvalue weighted by Crippen LogP contribution is 2.19. The predicted octanol–water partition coefficient (Wildman–Crippen LogP) is -0.270. The number of nitrogens with one attached hydrogen (secondary N) is 3. The summed E-state index contributed by atoms with van der Waals surface area (Å²) in [6, 6.07) is -0.561. The molecule has 0 bridgehead atoms. The number of hydrogen-bond acceptors (Lipinski definition) is 4. The van der Waals surface area contributed by atoms with Crippen LogP contribution in [0.25, 0.3) is 0 Å². The van der Waals surface area contributed by atoms with E-state index < -0.39 is 18.8 Å². The molecule has 0 aromatic carbocycles. The molecule has 0 aromatic heterocycles. The van der Waals surface area contributed by atoms with Gasteiger partial charge in [-0.25, -0.2) is 4.79 Å². The fraction of sp³-hybridized carbons (Fsp3) is 0.786. The summed E-state index contributed by atoms with van der Waals surface area (Å²) in [5, 5.41) is 8.55. The molecular formula is C14H23F3N6O2. The maximum Gasteiger partial charge on any atom is 0.401 e. The van der Waals surface area contributed by atoms with Crippen LogP contribution in [0.3, 0.4) is 0 Å². The van der Waals surface area contributed by atoms with E-state index in [1.54, 1.807) is 0 Å². The average molecular weight is 364 g/mol. The number of urea groups is 1. The summed E-state index contributed by atoms with van der Waals surface area (Å²) < 4.78 is 37.3. The third kappa shape index (κ3) is 6.07. The minimum absolute atomic E-state index is 0.00201. The van der Waals surface area contributed by atoms with Gasteiger partial charge in [0.2, 0.25) is 5.91 Å². The second-order valence-corrected chi connectivity index (χ2v) is 5.94. The molecule has 3 N–H and O–H groups in total. The molecule has 2 fully saturated rings. The Morgan fingerprint density at radius 2 is 2.16 bits per heavy atom. The number of hydrogen-bond donors (Lipinski definition) is 3. The van der Waals surface area contributed by atoms with E-state index in [4.69, 9.17) is 0 Å². The second kappa shape index (κ2) is 8.37. The maximum atomic E-state index is 12.4. The van der Waals surface area contributed by atoms with E-state index in [0.29, 0.717) is 25.5 Å². The molecule has 2 rings (SSSR count). The Balaban J connectivity index is 1.82. The third-order valence-electron chi connectivity index (χ3n) is 3.89. The molecule has 2 aliphatic rings. The number of likely N-dealkylation sites (tertiary alicyclic amines) is 1. The molecule has 0 radical (unpaired) electrons. The lowest BCUT2D eigenvalue weighted by molar-refractivity contribution is -0.143. The topological polar surface area (TPSA) is 89.1 Å². The van der Waals surface area contributed by atoms with Crippen molar-refractivity contribution in [2.45, 2.75) is 25.6 Å². The second-order valence-electron chi connectivity index (χ2n) is 5.94. The third-order valence-corrected chi connectivity index (χ3v) is 3.89. The number of rotatable bonds is 6. The first kappa shape index (κ1) is 19.3. The number of halogens is 3. The van der Waals surface area contributed by atoms with Gasteiger partial charge in [0, 0.05) is 25.7 Å². The number of nitrogens with zero attached hydrogens (tertiary/aromatic N) is 3. The Labute approximate surface area is 143 Å². The lowest BCUT2D eigenvalue weighted by Gasteiger charge is -2.20. The minimum atomic E-state index is -4.20. The molecular weight excluding hydrogens is 341 g/mol. The molecule has 8 nitrogen and oxygen atoms in total. The maximum absolute atomic E-state index is 12.4. The highest BCUT2D eigenvalue weighted by atomic mass is 19.4. The highest BCUT2D eigenvalue weighted by Gasteiger charge is 2.34. The van der Waals surface area contributed by atoms with Crippen molar-refractivity contribution >= 4 is 17.9 Å². The lowest BCUT2D eigenvalue weighted by atomic mass is 10.3. The quantitative estimate of drug-likeness (QED) is 0.343. The van der Waals surface area contributed by atoms with E-state index >= 15 is 0 Å². The normalized spacial score (nSPS) is 22.5. The van der Waals surface area contributed by atoms with Gasteiger partial charge in [-0.3, -0.25) is 19.6 Å². The average Bonchev–Trinajstić information content (AvgIpc) is 3.06. The van der Waals surface area contributed by atoms with Crippen LogP contribution in [0.5, 0.6) is 0 Å². The van der Waals surface area contributed by atoms with E-state index in [1.807, 2.05) is 6.92 Å². The molecule has 25 heavy (non-hydrogen) atoms. The van der Waals surface area contributed by atoms with Gasteiger partial charge in [-0.15, -0.1) is 0 Å². The van der Waals surface area contributed by atoms with Crippen molar-refractivity contribution in [3.8, 4) is 0 Å². The zero-order valence-electron chi connectivity index (χ0n) is 14.0. The molecule has 1 unspecified atom stereocenters. The van der Waals surface area contributed by atoms with Gasteiger partial charge in [-0.1, -0.05) is 0 Å². The highest BCUT2D eigenvalue weighted by molar-refractivity contribution is 6.01. The molecule has 0 saturated carbocycles. The van der Waals surface area contributed by atoms with Crippen LogP contribution in [0.15, 0.2) is 4.99 Å². The lowest BCUT2D eigenvalue weighted by Crippen LogP contribution is -2.45. The summed E-state index contributed by atoms with van der Waals surface area (Å²) in [6.07, 6.45) is -3.61. The van der Waals surface area contributed by atoms with Gasteiger partial charge >= 0.3 is 12.2 Å². The molecule has 2 aliphatic heterocycles. The van der Waals surface area contributed by atoms with Crippen LogP contribution in [0.1, 0.15) is 13.3 Å². The number of carbonyl (C=O) groups is 2. The number of amides is 3. The van der Waals surface area contributed by atoms with Crippen LogP contribution in [0.4, 0.5) is 18.0 Å². The Morgan fingerprint density at radius 3 is 2.76 bits per heavy atom. The van der Waals surface area contributed by atoms with Gasteiger partial charge in [0.15, 0.2) is 5.96 Å². The monoisotopic (exact) mass is 364 g/mol. The van der Waals surface area contributed by atoms with Crippen molar-refractivity contribution in [1.82, 2.24) is 25.8 Å². The molecule has 0 aliphatic carbocycles. The number of guanidine groups is 1. The van der Waals surface area contributed by atoms with E-state index in [-0.39, 0.29) is 38.1 Å². The number of carbonyl (C=O) groups excluding carboxylic acids is 2. The Kier molecular flexibility index (Phi) is 6.45. The Morgan fingerprint density at radius 1 is 1.40 bits per heavy atom. The fourth-order valence-electron chi connectivity index (χ4n) is 2.80. The molecule has 0 spiro atoms. The SMILES string of the molecule is CCNC(=NCCN1C(=O)CNC1=O)NC1CCN(CC(F)(F)F)C1. The summed E-state index contributed by atoms with van der Waals surface area (Å²) in [5.74, 6) is 0.171. The van der Waals surface area contributed by atoms with Crippen LogP contribution >= 0.6 is 0 Å². The van der Waals surface area contributed by atoms with Crippen LogP contribution in [0.2, 0.25) is 0 Å². The van der Waals surface area contributed by atoms with Crippen LogP contribution in [-0.2, 0) is 4.79 Å². The van der Waals surface area contributed by atoms with E-state index in [9.17, 15) is 22.8 Å². The summed E-state index contributed by atoms with van der Waals surface area (Å²) in [5.41, 5.74) is 0. The van der Waals surface area contributed by atoms with Gasteiger partial charge in [-0.05, 0) is 13.3 Å². The Hall–Kier alpha value is -2.04. The fourth-order valence-corrected chi connectivity index (χ4v) is 2.80. The zero-order chi connectivity index (χ0) is 18.4. The summed E-state index contributed by atoms with van der Waals surface area (Å²) >= 11 is 0.